The number of aromatic amines is 1. The molecule has 8 heteroatoms. The average molecular weight is 377 g/mol. The second kappa shape index (κ2) is 8.51. The lowest BCUT2D eigenvalue weighted by Crippen LogP contribution is -2.21. The number of ether oxygens (including phenoxy) is 1. The van der Waals surface area contributed by atoms with Crippen molar-refractivity contribution in [3.05, 3.63) is 62.4 Å². The molecule has 0 saturated carbocycles. The average Bonchev–Trinajstić information content (AvgIpc) is 2.60. The summed E-state index contributed by atoms with van der Waals surface area (Å²) in [6.07, 6.45) is 0. The molecule has 0 unspecified atom stereocenters. The van der Waals surface area contributed by atoms with Gasteiger partial charge in [0.2, 0.25) is 0 Å². The fourth-order valence-electron chi connectivity index (χ4n) is 1.93. The van der Waals surface area contributed by atoms with Crippen molar-refractivity contribution < 1.29 is 14.3 Å². The maximum atomic E-state index is 12.2. The van der Waals surface area contributed by atoms with Gasteiger partial charge in [-0.1, -0.05) is 23.4 Å². The zero-order valence-corrected chi connectivity index (χ0v) is 14.7. The molecule has 0 atom stereocenters. The first-order chi connectivity index (χ1) is 12.0. The quantitative estimate of drug-likeness (QED) is 0.472. The van der Waals surface area contributed by atoms with E-state index in [-0.39, 0.29) is 34.3 Å². The second-order valence-corrected chi connectivity index (χ2v) is 6.23. The highest BCUT2D eigenvalue weighted by Crippen LogP contribution is 2.21. The van der Waals surface area contributed by atoms with Crippen LogP contribution in [0.15, 0.2) is 40.2 Å². The number of halogens is 1. The molecule has 0 bridgehead atoms. The molecule has 1 aromatic carbocycles. The van der Waals surface area contributed by atoms with Crippen LogP contribution in [0.4, 0.5) is 0 Å². The predicted octanol–water partition coefficient (Wildman–Crippen LogP) is 3.05. The fraction of sp³-hybridized carbons (Fsp3) is 0.176. The molecule has 0 amide bonds. The van der Waals surface area contributed by atoms with Gasteiger partial charge in [-0.25, -0.2) is 4.79 Å². The number of hydrogen-bond donors (Lipinski definition) is 1. The van der Waals surface area contributed by atoms with E-state index in [1.807, 2.05) is 6.07 Å². The zero-order chi connectivity index (χ0) is 18.4. The summed E-state index contributed by atoms with van der Waals surface area (Å²) < 4.78 is 4.77. The van der Waals surface area contributed by atoms with Gasteiger partial charge < -0.3 is 9.72 Å². The molecule has 0 aliphatic heterocycles. The summed E-state index contributed by atoms with van der Waals surface area (Å²) in [5.74, 6) is -0.958. The van der Waals surface area contributed by atoms with Gasteiger partial charge in [-0.05, 0) is 37.3 Å². The maximum Gasteiger partial charge on any atom is 0.343 e. The molecule has 0 spiro atoms. The first-order valence-electron chi connectivity index (χ1n) is 7.22. The molecule has 0 fully saturated rings. The van der Waals surface area contributed by atoms with Crippen LogP contribution in [0.5, 0.6) is 0 Å². The third-order valence-electron chi connectivity index (χ3n) is 3.13. The molecule has 2 rings (SSSR count). The number of Topliss-reactive ketones (excluding diaryl/α,β-unsaturated/α-hetero) is 1. The van der Waals surface area contributed by atoms with Crippen molar-refractivity contribution in [1.82, 2.24) is 4.98 Å². The van der Waals surface area contributed by atoms with Crippen molar-refractivity contribution >= 4 is 35.1 Å². The molecular formula is C17H13ClN2O4S. The number of esters is 1. The highest BCUT2D eigenvalue weighted by atomic mass is 35.5. The number of pyridine rings is 1. The van der Waals surface area contributed by atoms with Crippen LogP contribution < -0.4 is 5.56 Å². The molecule has 0 radical (unpaired) electrons. The van der Waals surface area contributed by atoms with Gasteiger partial charge in [0, 0.05) is 10.6 Å². The number of hydrogen-bond acceptors (Lipinski definition) is 6. The highest BCUT2D eigenvalue weighted by Gasteiger charge is 2.17. The molecule has 25 heavy (non-hydrogen) atoms. The number of benzene rings is 1. The molecule has 1 aromatic heterocycles. The Labute approximate surface area is 152 Å². The van der Waals surface area contributed by atoms with E-state index in [1.165, 1.54) is 6.07 Å². The van der Waals surface area contributed by atoms with Gasteiger partial charge in [-0.15, -0.1) is 0 Å². The highest BCUT2D eigenvalue weighted by molar-refractivity contribution is 8.00. The largest absolute Gasteiger partial charge is 0.462 e. The number of H-pyrrole nitrogens is 1. The number of rotatable bonds is 6. The number of aromatic nitrogens is 1. The van der Waals surface area contributed by atoms with Gasteiger partial charge in [0.15, 0.2) is 5.78 Å². The van der Waals surface area contributed by atoms with E-state index in [9.17, 15) is 19.6 Å². The number of carbonyl (C=O) groups excluding carboxylic acids is 2. The standard InChI is InChI=1S/C17H13ClN2O4S/c1-2-24-17(23)13-7-11(8-19)16(20-15(13)22)25-9-14(21)10-3-5-12(18)6-4-10/h3-7H,2,9H2,1H3,(H,20,22). The smallest absolute Gasteiger partial charge is 0.343 e. The summed E-state index contributed by atoms with van der Waals surface area (Å²) in [6, 6.07) is 9.49. The molecule has 0 saturated heterocycles. The van der Waals surface area contributed by atoms with Crippen molar-refractivity contribution in [3.63, 3.8) is 0 Å². The lowest BCUT2D eigenvalue weighted by molar-refractivity contribution is 0.0524. The van der Waals surface area contributed by atoms with Crippen molar-refractivity contribution in [1.29, 1.82) is 5.26 Å². The third-order valence-corrected chi connectivity index (χ3v) is 4.40. The summed E-state index contributed by atoms with van der Waals surface area (Å²) >= 11 is 6.79. The maximum absolute atomic E-state index is 12.2. The van der Waals surface area contributed by atoms with Crippen LogP contribution in [0.3, 0.4) is 0 Å². The Balaban J connectivity index is 2.19. The first-order valence-corrected chi connectivity index (χ1v) is 8.58. The number of nitrogens with one attached hydrogen (secondary N) is 1. The Kier molecular flexibility index (Phi) is 6.39. The van der Waals surface area contributed by atoms with Gasteiger partial charge in [-0.3, -0.25) is 9.59 Å². The van der Waals surface area contributed by atoms with Crippen molar-refractivity contribution in [3.8, 4) is 6.07 Å². The van der Waals surface area contributed by atoms with Gasteiger partial charge >= 0.3 is 5.97 Å². The van der Waals surface area contributed by atoms with E-state index in [0.717, 1.165) is 11.8 Å². The fourth-order valence-corrected chi connectivity index (χ4v) is 2.92. The lowest BCUT2D eigenvalue weighted by Gasteiger charge is -2.06. The van der Waals surface area contributed by atoms with E-state index >= 15 is 0 Å². The third kappa shape index (κ3) is 4.72. The van der Waals surface area contributed by atoms with Gasteiger partial charge in [0.05, 0.1) is 22.9 Å². The van der Waals surface area contributed by atoms with Crippen molar-refractivity contribution in [2.24, 2.45) is 0 Å². The SMILES string of the molecule is CCOC(=O)c1cc(C#N)c(SCC(=O)c2ccc(Cl)cc2)[nH]c1=O. The summed E-state index contributed by atoms with van der Waals surface area (Å²) in [7, 11) is 0. The topological polar surface area (TPSA) is 100 Å². The van der Waals surface area contributed by atoms with E-state index < -0.39 is 11.5 Å². The van der Waals surface area contributed by atoms with Crippen LogP contribution in [-0.4, -0.2) is 29.1 Å². The zero-order valence-electron chi connectivity index (χ0n) is 13.2. The molecule has 6 nitrogen and oxygen atoms in total. The first kappa shape index (κ1) is 18.8. The van der Waals surface area contributed by atoms with Crippen LogP contribution in [0.1, 0.15) is 33.2 Å². The Morgan fingerprint density at radius 3 is 2.60 bits per heavy atom. The number of thioether (sulfide) groups is 1. The summed E-state index contributed by atoms with van der Waals surface area (Å²) in [6.45, 7) is 1.73. The van der Waals surface area contributed by atoms with Crippen LogP contribution in [0.2, 0.25) is 5.02 Å². The summed E-state index contributed by atoms with van der Waals surface area (Å²) in [5, 5.41) is 9.97. The van der Waals surface area contributed by atoms with E-state index in [4.69, 9.17) is 16.3 Å². The molecule has 2 aromatic rings. The van der Waals surface area contributed by atoms with E-state index in [0.29, 0.717) is 10.6 Å². The molecule has 0 aliphatic carbocycles. The Hall–Kier alpha value is -2.56. The van der Waals surface area contributed by atoms with Crippen molar-refractivity contribution in [2.75, 3.05) is 12.4 Å². The summed E-state index contributed by atoms with van der Waals surface area (Å²) in [4.78, 5) is 38.3. The number of nitriles is 1. The Morgan fingerprint density at radius 1 is 1.32 bits per heavy atom. The van der Waals surface area contributed by atoms with Gasteiger partial charge in [0.1, 0.15) is 11.6 Å². The van der Waals surface area contributed by atoms with Crippen LogP contribution in [0, 0.1) is 11.3 Å². The number of nitrogens with zero attached hydrogens (tertiary/aromatic N) is 1. The second-order valence-electron chi connectivity index (χ2n) is 4.81. The van der Waals surface area contributed by atoms with Gasteiger partial charge in [-0.2, -0.15) is 5.26 Å². The van der Waals surface area contributed by atoms with E-state index in [2.05, 4.69) is 4.98 Å². The monoisotopic (exact) mass is 376 g/mol. The van der Waals surface area contributed by atoms with Crippen LogP contribution >= 0.6 is 23.4 Å². The lowest BCUT2D eigenvalue weighted by atomic mass is 10.1. The predicted molar refractivity (Wildman–Crippen MR) is 94.2 cm³/mol. The number of carbonyl (C=O) groups is 2. The molecule has 1 N–H and O–H groups in total. The minimum atomic E-state index is -0.797. The van der Waals surface area contributed by atoms with Crippen LogP contribution in [0.25, 0.3) is 0 Å². The molecular weight excluding hydrogens is 364 g/mol. The van der Waals surface area contributed by atoms with Gasteiger partial charge in [0.25, 0.3) is 5.56 Å². The Bertz CT molecular complexity index is 900. The normalized spacial score (nSPS) is 10.1. The van der Waals surface area contributed by atoms with Crippen molar-refractivity contribution in [2.45, 2.75) is 11.9 Å². The number of ketones is 1. The van der Waals surface area contributed by atoms with E-state index in [1.54, 1.807) is 31.2 Å². The minimum absolute atomic E-state index is 0.0189. The molecule has 0 aliphatic rings. The molecule has 1 heterocycles. The summed E-state index contributed by atoms with van der Waals surface area (Å²) in [5.41, 5.74) is -0.344. The minimum Gasteiger partial charge on any atom is -0.462 e. The van der Waals surface area contributed by atoms with Crippen LogP contribution in [-0.2, 0) is 4.74 Å². The Morgan fingerprint density at radius 2 is 2.00 bits per heavy atom. The molecule has 128 valence electrons.